The Morgan fingerprint density at radius 2 is 1.74 bits per heavy atom. The van der Waals surface area contributed by atoms with Crippen molar-refractivity contribution in [2.45, 2.75) is 158 Å². The molecule has 3 amide bonds. The molecular weight excluding hydrogens is 902 g/mol. The number of thiophene rings is 1. The van der Waals surface area contributed by atoms with Gasteiger partial charge in [0.2, 0.25) is 17.7 Å². The molecule has 1 unspecified atom stereocenters. The van der Waals surface area contributed by atoms with Crippen LogP contribution in [0.2, 0.25) is 0 Å². The molecule has 8 atom stereocenters. The second-order valence-electron chi connectivity index (χ2n) is 18.9. The average Bonchev–Trinajstić information content (AvgIpc) is 3.54. The Balaban J connectivity index is 1.03. The van der Waals surface area contributed by atoms with Crippen molar-refractivity contribution in [1.82, 2.24) is 25.1 Å². The molecule has 2 N–H and O–H groups in total. The van der Waals surface area contributed by atoms with E-state index in [0.29, 0.717) is 61.2 Å². The molecule has 3 aromatic rings. The van der Waals surface area contributed by atoms with E-state index in [1.807, 2.05) is 18.7 Å². The summed E-state index contributed by atoms with van der Waals surface area (Å²) in [5.74, 6) is -3.41. The first-order valence-corrected chi connectivity index (χ1v) is 25.8. The van der Waals surface area contributed by atoms with Crippen LogP contribution in [0.1, 0.15) is 119 Å². The summed E-state index contributed by atoms with van der Waals surface area (Å²) in [6.07, 6.45) is 0.553. The normalized spacial score (nSPS) is 28.0. The Kier molecular flexibility index (Phi) is 14.3. The number of hydrogen-bond donors (Lipinski definition) is 2. The number of ether oxygens (including phenoxy) is 2. The van der Waals surface area contributed by atoms with Gasteiger partial charge >= 0.3 is 19.9 Å². The average molecular weight is 962 g/mol. The quantitative estimate of drug-likeness (QED) is 0.0811. The molecule has 3 aliphatic heterocycles. The molecule has 5 aliphatic rings. The molecule has 360 valence electrons. The van der Waals surface area contributed by atoms with E-state index < -0.39 is 55.9 Å². The third kappa shape index (κ3) is 10.3. The van der Waals surface area contributed by atoms with Crippen LogP contribution in [0.3, 0.4) is 0 Å². The summed E-state index contributed by atoms with van der Waals surface area (Å²) in [4.78, 5) is 62.4. The van der Waals surface area contributed by atoms with Gasteiger partial charge in [0.05, 0.1) is 17.6 Å². The zero-order valence-electron chi connectivity index (χ0n) is 37.8. The summed E-state index contributed by atoms with van der Waals surface area (Å²) in [6.45, 7) is 8.69. The molecule has 2 saturated carbocycles. The van der Waals surface area contributed by atoms with E-state index in [2.05, 4.69) is 27.0 Å². The fraction of sp³-hybridized carbons (Fsp3) is 0.617. The Morgan fingerprint density at radius 3 is 2.42 bits per heavy atom. The summed E-state index contributed by atoms with van der Waals surface area (Å²) in [6, 6.07) is 10.7. The third-order valence-electron chi connectivity index (χ3n) is 14.0. The number of benzene rings is 2. The van der Waals surface area contributed by atoms with Gasteiger partial charge in [-0.05, 0) is 131 Å². The molecule has 19 heteroatoms. The fourth-order valence-electron chi connectivity index (χ4n) is 10.8. The lowest BCUT2D eigenvalue weighted by atomic mass is 9.84. The van der Waals surface area contributed by atoms with Crippen LogP contribution < -0.4 is 14.9 Å². The molecular formula is C47H60F4N5O8PS. The number of carbonyl (C=O) groups excluding carboxylic acids is 4. The van der Waals surface area contributed by atoms with Crippen LogP contribution in [0.25, 0.3) is 10.1 Å². The maximum absolute atomic E-state index is 16.7. The number of nitrogens with one attached hydrogen (secondary N) is 2. The van der Waals surface area contributed by atoms with Crippen LogP contribution in [0, 0.1) is 5.92 Å². The summed E-state index contributed by atoms with van der Waals surface area (Å²) in [5, 5.41) is 6.05. The number of likely N-dealkylation sites (tertiary alicyclic amines) is 1. The van der Waals surface area contributed by atoms with Crippen LogP contribution >= 0.6 is 18.9 Å². The minimum Gasteiger partial charge on any atom is -0.465 e. The monoisotopic (exact) mass is 961 g/mol. The van der Waals surface area contributed by atoms with E-state index in [1.54, 1.807) is 35.2 Å². The van der Waals surface area contributed by atoms with E-state index >= 15 is 4.39 Å². The summed E-state index contributed by atoms with van der Waals surface area (Å²) < 4.78 is 86.2. The zero-order valence-corrected chi connectivity index (χ0v) is 39.5. The van der Waals surface area contributed by atoms with E-state index in [-0.39, 0.29) is 77.5 Å². The lowest BCUT2D eigenvalue weighted by molar-refractivity contribution is -0.354. The molecule has 8 rings (SSSR count). The van der Waals surface area contributed by atoms with Crippen molar-refractivity contribution in [1.29, 1.82) is 0 Å². The number of nitrogens with zero attached hydrogens (tertiary/aromatic N) is 3. The van der Waals surface area contributed by atoms with Crippen molar-refractivity contribution >= 4 is 52.6 Å². The Hall–Kier alpha value is -4.09. The predicted molar refractivity (Wildman–Crippen MR) is 241 cm³/mol. The number of halogens is 4. The molecule has 5 fully saturated rings. The second kappa shape index (κ2) is 19.5. The number of amides is 3. The van der Waals surface area contributed by atoms with Crippen LogP contribution in [0.4, 0.5) is 17.6 Å². The molecule has 13 nitrogen and oxygen atoms in total. The van der Waals surface area contributed by atoms with Gasteiger partial charge in [-0.15, -0.1) is 24.5 Å². The number of rotatable bonds is 16. The number of alkyl halides is 4. The van der Waals surface area contributed by atoms with Gasteiger partial charge in [-0.25, -0.2) is 9.48 Å². The highest BCUT2D eigenvalue weighted by atomic mass is 32.1. The van der Waals surface area contributed by atoms with E-state index in [0.717, 1.165) is 30.6 Å². The van der Waals surface area contributed by atoms with Crippen molar-refractivity contribution in [3.05, 3.63) is 65.0 Å². The largest absolute Gasteiger partial charge is 0.522 e. The molecule has 66 heavy (non-hydrogen) atoms. The number of carbonyl (C=O) groups is 4. The second-order valence-corrected chi connectivity index (χ2v) is 22.0. The smallest absolute Gasteiger partial charge is 0.465 e. The molecule has 1 aromatic heterocycles. The third-order valence-corrected chi connectivity index (χ3v) is 17.3. The van der Waals surface area contributed by atoms with Gasteiger partial charge in [-0.1, -0.05) is 45.0 Å². The van der Waals surface area contributed by atoms with E-state index in [9.17, 15) is 36.9 Å². The minimum absolute atomic E-state index is 0.0197. The highest BCUT2D eigenvalue weighted by Gasteiger charge is 2.58. The summed E-state index contributed by atoms with van der Waals surface area (Å²) in [7, 11) is -4.51. The van der Waals surface area contributed by atoms with Crippen molar-refractivity contribution < 1.29 is 55.3 Å². The van der Waals surface area contributed by atoms with Crippen molar-refractivity contribution in [2.24, 2.45) is 5.92 Å². The lowest BCUT2D eigenvalue weighted by Crippen LogP contribution is -2.60. The van der Waals surface area contributed by atoms with E-state index in [4.69, 9.17) is 9.26 Å². The molecule has 2 aromatic carbocycles. The maximum Gasteiger partial charge on any atom is 0.522 e. The number of fused-ring (bicyclic) bond motifs is 2. The standard InChI is InChI=1S/C47H60F4N5O8PS/c1-5-20-62-45(60)29(4)53-65(61,64-35-10-8-7-9-11-35)41(48)30-12-17-39-31(21-30)22-40(66-39)42(57)52-37-15-13-32(54(6-2)34-24-36(25-34)63-47(49,50)51)23-33-14-16-38(56(33)43(37)58)44(59)55-27-28(3)26-46(55)18-19-46/h7-12,17,21-22,28-29,32-34,36-38,41H,5-6,13-16,18-20,23-27H2,1-4H3,(H,52,57)(H,53,61)/t28-,29+,32+,33-,34?,36?,37+,38+,41+,65?/m1/s1. The van der Waals surface area contributed by atoms with Crippen molar-refractivity contribution in [3.63, 3.8) is 0 Å². The number of esters is 1. The van der Waals surface area contributed by atoms with Crippen LogP contribution in [0.5, 0.6) is 5.75 Å². The number of para-hydroxylation sites is 1. The topological polar surface area (TPSA) is 147 Å². The fourth-order valence-corrected chi connectivity index (χ4v) is 13.6. The van der Waals surface area contributed by atoms with E-state index in [1.165, 1.54) is 31.2 Å². The molecule has 1 spiro atoms. The summed E-state index contributed by atoms with van der Waals surface area (Å²) in [5.41, 5.74) is -0.171. The van der Waals surface area contributed by atoms with Crippen LogP contribution in [-0.4, -0.2) is 112 Å². The highest BCUT2D eigenvalue weighted by Crippen LogP contribution is 2.58. The van der Waals surface area contributed by atoms with Crippen LogP contribution in [-0.2, 0) is 28.4 Å². The van der Waals surface area contributed by atoms with Gasteiger partial charge in [-0.3, -0.25) is 33.4 Å². The lowest BCUT2D eigenvalue weighted by Gasteiger charge is -2.48. The predicted octanol–water partition coefficient (Wildman–Crippen LogP) is 8.87. The number of hydrogen-bond acceptors (Lipinski definition) is 10. The first-order chi connectivity index (χ1) is 31.4. The molecule has 0 bridgehead atoms. The highest BCUT2D eigenvalue weighted by molar-refractivity contribution is 7.57. The Morgan fingerprint density at radius 1 is 1.00 bits per heavy atom. The van der Waals surface area contributed by atoms with Crippen molar-refractivity contribution in [3.8, 4) is 5.75 Å². The SMILES string of the molecule is CCCOC(=O)[C@H](C)NP(=O)(Oc1ccccc1)[C@H](F)c1ccc2sc(C(=O)N[C@H]3CC[C@H](N(CC)C4CC(OC(F)(F)F)C4)C[C@H]4CC[C@@H](C(=O)N5C[C@H](C)CC56CC6)N4C3=O)cc2c1. The van der Waals surface area contributed by atoms with Crippen molar-refractivity contribution in [2.75, 3.05) is 19.7 Å². The van der Waals surface area contributed by atoms with Gasteiger partial charge in [0.1, 0.15) is 23.9 Å². The molecule has 4 heterocycles. The molecule has 3 saturated heterocycles. The van der Waals surface area contributed by atoms with Gasteiger partial charge in [0.25, 0.3) is 5.91 Å². The Labute approximate surface area is 386 Å². The van der Waals surface area contributed by atoms with Crippen LogP contribution in [0.15, 0.2) is 54.6 Å². The Bertz CT molecular complexity index is 2310. The maximum atomic E-state index is 16.7. The van der Waals surface area contributed by atoms with Gasteiger partial charge in [0.15, 0.2) is 0 Å². The molecule has 2 aliphatic carbocycles. The van der Waals surface area contributed by atoms with Gasteiger partial charge in [-0.2, -0.15) is 0 Å². The first kappa shape index (κ1) is 48.4. The van der Waals surface area contributed by atoms with Gasteiger partial charge < -0.3 is 24.4 Å². The zero-order chi connectivity index (χ0) is 47.1. The van der Waals surface area contributed by atoms with Gasteiger partial charge in [0, 0.05) is 34.9 Å². The first-order valence-electron chi connectivity index (χ1n) is 23.3. The summed E-state index contributed by atoms with van der Waals surface area (Å²) >= 11 is 1.14. The minimum atomic E-state index is -4.72. The molecule has 0 radical (unpaired) electrons.